The van der Waals surface area contributed by atoms with Gasteiger partial charge in [-0.2, -0.15) is 0 Å². The molecule has 2 bridgehead atoms. The first-order valence-electron chi connectivity index (χ1n) is 5.39. The van der Waals surface area contributed by atoms with Crippen LogP contribution >= 0.6 is 15.9 Å². The lowest BCUT2D eigenvalue weighted by atomic mass is 9.79. The average molecular weight is 291 g/mol. The van der Waals surface area contributed by atoms with E-state index in [0.29, 0.717) is 4.83 Å². The lowest BCUT2D eigenvalue weighted by molar-refractivity contribution is -0.159. The van der Waals surface area contributed by atoms with Crippen molar-refractivity contribution < 1.29 is 19.1 Å². The normalized spacial score (nSPS) is 40.8. The standard InChI is InChI=1S/C11H15BrO4/c1-15-10(13)8-5-3-6(7(12)4-5)9(8)11(14)16-2/h5-9H,3-4H2,1-2H3/t5?,6?,7?,8-,9+/m1/s1. The third kappa shape index (κ3) is 1.65. The zero-order valence-corrected chi connectivity index (χ0v) is 10.9. The molecule has 0 spiro atoms. The van der Waals surface area contributed by atoms with Crippen LogP contribution in [0.4, 0.5) is 0 Å². The third-order valence-corrected chi connectivity index (χ3v) is 4.92. The molecule has 2 fully saturated rings. The Balaban J connectivity index is 2.24. The number of ether oxygens (including phenoxy) is 2. The van der Waals surface area contributed by atoms with Crippen LogP contribution in [0.5, 0.6) is 0 Å². The lowest BCUT2D eigenvalue weighted by Crippen LogP contribution is -2.39. The summed E-state index contributed by atoms with van der Waals surface area (Å²) < 4.78 is 9.58. The highest BCUT2D eigenvalue weighted by molar-refractivity contribution is 9.09. The van der Waals surface area contributed by atoms with E-state index in [1.807, 2.05) is 0 Å². The molecular formula is C11H15BrO4. The summed E-state index contributed by atoms with van der Waals surface area (Å²) in [6, 6.07) is 0. The van der Waals surface area contributed by atoms with E-state index in [0.717, 1.165) is 12.8 Å². The summed E-state index contributed by atoms with van der Waals surface area (Å²) in [4.78, 5) is 23.7. The van der Waals surface area contributed by atoms with Gasteiger partial charge in [0.15, 0.2) is 0 Å². The van der Waals surface area contributed by atoms with Gasteiger partial charge in [-0.05, 0) is 24.7 Å². The number of esters is 2. The molecule has 0 radical (unpaired) electrons. The lowest BCUT2D eigenvalue weighted by Gasteiger charge is -2.29. The van der Waals surface area contributed by atoms with Crippen LogP contribution < -0.4 is 0 Å². The van der Waals surface area contributed by atoms with E-state index < -0.39 is 0 Å². The van der Waals surface area contributed by atoms with Crippen molar-refractivity contribution in [3.05, 3.63) is 0 Å². The summed E-state index contributed by atoms with van der Waals surface area (Å²) in [6.07, 6.45) is 1.85. The Bertz CT molecular complexity index is 317. The first kappa shape index (κ1) is 11.9. The summed E-state index contributed by atoms with van der Waals surface area (Å²) in [6.45, 7) is 0. The smallest absolute Gasteiger partial charge is 0.309 e. The van der Waals surface area contributed by atoms with Gasteiger partial charge in [0.1, 0.15) is 0 Å². The van der Waals surface area contributed by atoms with Crippen LogP contribution in [0.1, 0.15) is 12.8 Å². The van der Waals surface area contributed by atoms with E-state index in [1.165, 1.54) is 14.2 Å². The van der Waals surface area contributed by atoms with Gasteiger partial charge in [-0.1, -0.05) is 15.9 Å². The fourth-order valence-corrected chi connectivity index (χ4v) is 4.24. The largest absolute Gasteiger partial charge is 0.469 e. The van der Waals surface area contributed by atoms with Crippen LogP contribution in [0.2, 0.25) is 0 Å². The quantitative estimate of drug-likeness (QED) is 0.569. The third-order valence-electron chi connectivity index (χ3n) is 3.87. The second-order valence-corrected chi connectivity index (χ2v) is 5.69. The highest BCUT2D eigenvalue weighted by Crippen LogP contribution is 2.55. The Labute approximate surface area is 103 Å². The Hall–Kier alpha value is -0.580. The molecule has 16 heavy (non-hydrogen) atoms. The highest BCUT2D eigenvalue weighted by Gasteiger charge is 2.58. The molecule has 90 valence electrons. The van der Waals surface area contributed by atoms with Crippen molar-refractivity contribution in [3.8, 4) is 0 Å². The Morgan fingerprint density at radius 2 is 1.62 bits per heavy atom. The molecule has 2 rings (SSSR count). The van der Waals surface area contributed by atoms with Gasteiger partial charge in [0.25, 0.3) is 0 Å². The predicted molar refractivity (Wildman–Crippen MR) is 59.9 cm³/mol. The molecule has 0 aromatic heterocycles. The molecule has 2 aliphatic rings. The zero-order valence-electron chi connectivity index (χ0n) is 9.31. The van der Waals surface area contributed by atoms with Crippen molar-refractivity contribution in [2.24, 2.45) is 23.7 Å². The minimum absolute atomic E-state index is 0.210. The maximum absolute atomic E-state index is 11.7. The predicted octanol–water partition coefficient (Wildman–Crippen LogP) is 1.37. The van der Waals surface area contributed by atoms with Crippen molar-refractivity contribution >= 4 is 27.9 Å². The molecule has 0 saturated heterocycles. The Morgan fingerprint density at radius 1 is 1.06 bits per heavy atom. The molecule has 0 aromatic carbocycles. The van der Waals surface area contributed by atoms with Crippen LogP contribution in [0.15, 0.2) is 0 Å². The first-order valence-corrected chi connectivity index (χ1v) is 6.31. The Morgan fingerprint density at radius 3 is 2.19 bits per heavy atom. The van der Waals surface area contributed by atoms with Crippen LogP contribution in [-0.2, 0) is 19.1 Å². The highest BCUT2D eigenvalue weighted by atomic mass is 79.9. The first-order chi connectivity index (χ1) is 7.60. The molecule has 5 heteroatoms. The molecule has 0 N–H and O–H groups in total. The monoisotopic (exact) mass is 290 g/mol. The van der Waals surface area contributed by atoms with Gasteiger partial charge in [-0.25, -0.2) is 0 Å². The molecule has 5 atom stereocenters. The van der Waals surface area contributed by atoms with Gasteiger partial charge >= 0.3 is 11.9 Å². The summed E-state index contributed by atoms with van der Waals surface area (Å²) in [7, 11) is 2.74. The molecule has 2 saturated carbocycles. The van der Waals surface area contributed by atoms with E-state index in [9.17, 15) is 9.59 Å². The number of fused-ring (bicyclic) bond motifs is 2. The van der Waals surface area contributed by atoms with Gasteiger partial charge in [0.05, 0.1) is 26.1 Å². The second-order valence-electron chi connectivity index (χ2n) is 4.51. The van der Waals surface area contributed by atoms with Crippen LogP contribution in [-0.4, -0.2) is 31.0 Å². The minimum atomic E-state index is -0.333. The molecule has 0 heterocycles. The molecule has 0 amide bonds. The minimum Gasteiger partial charge on any atom is -0.469 e. The summed E-state index contributed by atoms with van der Waals surface area (Å²) >= 11 is 3.57. The number of carbonyl (C=O) groups is 2. The fraction of sp³-hybridized carbons (Fsp3) is 0.818. The number of hydrogen-bond donors (Lipinski definition) is 0. The molecule has 0 aromatic rings. The number of hydrogen-bond acceptors (Lipinski definition) is 4. The van der Waals surface area contributed by atoms with Crippen molar-refractivity contribution in [2.75, 3.05) is 14.2 Å². The average Bonchev–Trinajstić information content (AvgIpc) is 2.82. The van der Waals surface area contributed by atoms with Gasteiger partial charge in [-0.3, -0.25) is 9.59 Å². The van der Waals surface area contributed by atoms with E-state index in [1.54, 1.807) is 0 Å². The fourth-order valence-electron chi connectivity index (χ4n) is 3.21. The van der Waals surface area contributed by atoms with E-state index in [-0.39, 0.29) is 35.6 Å². The summed E-state index contributed by atoms with van der Waals surface area (Å²) in [5.74, 6) is -0.737. The van der Waals surface area contributed by atoms with Gasteiger partial charge in [0, 0.05) is 4.83 Å². The zero-order chi connectivity index (χ0) is 11.9. The second kappa shape index (κ2) is 4.35. The maximum Gasteiger partial charge on any atom is 0.309 e. The van der Waals surface area contributed by atoms with Crippen molar-refractivity contribution in [1.29, 1.82) is 0 Å². The SMILES string of the molecule is COC(=O)[C@@H]1C2CC(Br)C(C2)[C@@H]1C(=O)OC. The molecule has 4 nitrogen and oxygen atoms in total. The van der Waals surface area contributed by atoms with Crippen molar-refractivity contribution in [2.45, 2.75) is 17.7 Å². The number of halogens is 1. The molecular weight excluding hydrogens is 276 g/mol. The topological polar surface area (TPSA) is 52.6 Å². The molecule has 3 unspecified atom stereocenters. The van der Waals surface area contributed by atoms with Crippen molar-refractivity contribution in [1.82, 2.24) is 0 Å². The van der Waals surface area contributed by atoms with E-state index in [2.05, 4.69) is 15.9 Å². The van der Waals surface area contributed by atoms with Crippen LogP contribution in [0, 0.1) is 23.7 Å². The van der Waals surface area contributed by atoms with E-state index >= 15 is 0 Å². The number of methoxy groups -OCH3 is 2. The maximum atomic E-state index is 11.7. The van der Waals surface area contributed by atoms with Crippen LogP contribution in [0.3, 0.4) is 0 Å². The van der Waals surface area contributed by atoms with Gasteiger partial charge in [0.2, 0.25) is 0 Å². The summed E-state index contributed by atoms with van der Waals surface area (Å²) in [5, 5.41) is 0. The van der Waals surface area contributed by atoms with Gasteiger partial charge < -0.3 is 9.47 Å². The van der Waals surface area contributed by atoms with Crippen molar-refractivity contribution in [3.63, 3.8) is 0 Å². The molecule has 0 aliphatic heterocycles. The Kier molecular flexibility index (Phi) is 3.24. The number of alkyl halides is 1. The summed E-state index contributed by atoms with van der Waals surface area (Å²) in [5.41, 5.74) is 0. The number of rotatable bonds is 2. The number of carbonyl (C=O) groups excluding carboxylic acids is 2. The van der Waals surface area contributed by atoms with Crippen LogP contribution in [0.25, 0.3) is 0 Å². The molecule has 2 aliphatic carbocycles. The van der Waals surface area contributed by atoms with E-state index in [4.69, 9.17) is 9.47 Å². The van der Waals surface area contributed by atoms with Gasteiger partial charge in [-0.15, -0.1) is 0 Å².